The molecule has 0 aliphatic rings. The fraction of sp³-hybridized carbons (Fsp3) is 0.231. The van der Waals surface area contributed by atoms with Crippen molar-refractivity contribution in [3.63, 3.8) is 0 Å². The topological polar surface area (TPSA) is 66.4 Å². The van der Waals surface area contributed by atoms with E-state index in [9.17, 15) is 8.42 Å². The van der Waals surface area contributed by atoms with Crippen LogP contribution in [0.15, 0.2) is 39.0 Å². The smallest absolute Gasteiger partial charge is 0.243 e. The molecule has 1 heterocycles. The maximum atomic E-state index is 12.4. The van der Waals surface area contributed by atoms with Gasteiger partial charge in [-0.2, -0.15) is 0 Å². The Bertz CT molecular complexity index is 746. The molecule has 0 bridgehead atoms. The quantitative estimate of drug-likeness (QED) is 0.790. The number of nitrogens with one attached hydrogen (secondary N) is 1. The molecule has 0 amide bonds. The molecule has 0 radical (unpaired) electrons. The lowest BCUT2D eigenvalue weighted by molar-refractivity contribution is 0.285. The van der Waals surface area contributed by atoms with Crippen molar-refractivity contribution in [2.75, 3.05) is 0 Å². The third kappa shape index (κ3) is 4.06. The van der Waals surface area contributed by atoms with E-state index < -0.39 is 16.1 Å². The summed E-state index contributed by atoms with van der Waals surface area (Å²) in [7, 11) is -3.68. The highest BCUT2D eigenvalue weighted by molar-refractivity contribution is 9.11. The van der Waals surface area contributed by atoms with Gasteiger partial charge in [-0.1, -0.05) is 23.7 Å². The van der Waals surface area contributed by atoms with E-state index in [2.05, 4.69) is 20.7 Å². The molecule has 1 aromatic carbocycles. The van der Waals surface area contributed by atoms with Gasteiger partial charge in [-0.25, -0.2) is 13.1 Å². The average Bonchev–Trinajstić information content (AvgIpc) is 2.80. The van der Waals surface area contributed by atoms with Crippen LogP contribution in [0.2, 0.25) is 5.02 Å². The number of rotatable bonds is 5. The molecule has 1 aromatic heterocycles. The molecular formula is C13H13BrClNO3S2. The van der Waals surface area contributed by atoms with Crippen LogP contribution in [-0.2, 0) is 16.6 Å². The van der Waals surface area contributed by atoms with Gasteiger partial charge in [0.15, 0.2) is 0 Å². The fourth-order valence-electron chi connectivity index (χ4n) is 1.80. The van der Waals surface area contributed by atoms with Crippen molar-refractivity contribution in [2.24, 2.45) is 0 Å². The highest BCUT2D eigenvalue weighted by Gasteiger charge is 2.23. The zero-order valence-electron chi connectivity index (χ0n) is 11.0. The van der Waals surface area contributed by atoms with Gasteiger partial charge in [-0.3, -0.25) is 0 Å². The minimum absolute atomic E-state index is 0.130. The second-order valence-corrected chi connectivity index (χ2v) is 8.98. The van der Waals surface area contributed by atoms with Crippen LogP contribution < -0.4 is 4.72 Å². The molecule has 21 heavy (non-hydrogen) atoms. The van der Waals surface area contributed by atoms with E-state index in [1.807, 2.05) is 0 Å². The molecular weight excluding hydrogens is 398 g/mol. The van der Waals surface area contributed by atoms with Crippen molar-refractivity contribution in [2.45, 2.75) is 24.5 Å². The van der Waals surface area contributed by atoms with Crippen LogP contribution in [0.5, 0.6) is 0 Å². The van der Waals surface area contributed by atoms with E-state index >= 15 is 0 Å². The number of benzene rings is 1. The van der Waals surface area contributed by atoms with E-state index in [1.165, 1.54) is 17.4 Å². The first-order valence-corrected chi connectivity index (χ1v) is 9.47. The minimum Gasteiger partial charge on any atom is -0.391 e. The highest BCUT2D eigenvalue weighted by Crippen LogP contribution is 2.32. The lowest BCUT2D eigenvalue weighted by Gasteiger charge is -2.14. The zero-order valence-corrected chi connectivity index (χ0v) is 15.0. The van der Waals surface area contributed by atoms with Crippen LogP contribution in [0, 0.1) is 0 Å². The summed E-state index contributed by atoms with van der Waals surface area (Å²) in [5.41, 5.74) is 0.778. The molecule has 1 atom stereocenters. The predicted molar refractivity (Wildman–Crippen MR) is 88.1 cm³/mol. The SMILES string of the molecule is CC(NS(=O)(=O)c1cc(CO)sc1Br)c1cccc(Cl)c1. The third-order valence-corrected chi connectivity index (χ3v) is 6.85. The van der Waals surface area contributed by atoms with Gasteiger partial charge in [0.2, 0.25) is 10.0 Å². The summed E-state index contributed by atoms with van der Waals surface area (Å²) in [4.78, 5) is 0.711. The van der Waals surface area contributed by atoms with Crippen molar-refractivity contribution >= 4 is 48.9 Å². The van der Waals surface area contributed by atoms with Crippen LogP contribution in [-0.4, -0.2) is 13.5 Å². The molecule has 0 spiro atoms. The summed E-state index contributed by atoms with van der Waals surface area (Å²) in [5.74, 6) is 0. The molecule has 0 fully saturated rings. The number of halogens is 2. The Morgan fingerprint density at radius 2 is 2.14 bits per heavy atom. The molecule has 8 heteroatoms. The predicted octanol–water partition coefficient (Wildman–Crippen LogP) is 3.70. The monoisotopic (exact) mass is 409 g/mol. The molecule has 114 valence electrons. The first-order chi connectivity index (χ1) is 9.83. The van der Waals surface area contributed by atoms with Crippen molar-refractivity contribution in [3.05, 3.63) is 49.6 Å². The Morgan fingerprint density at radius 1 is 1.43 bits per heavy atom. The van der Waals surface area contributed by atoms with Crippen LogP contribution in [0.25, 0.3) is 0 Å². The van der Waals surface area contributed by atoms with Gasteiger partial charge in [-0.15, -0.1) is 11.3 Å². The molecule has 4 nitrogen and oxygen atoms in total. The fourth-order valence-corrected chi connectivity index (χ4v) is 5.77. The number of aliphatic hydroxyl groups excluding tert-OH is 1. The summed E-state index contributed by atoms with van der Waals surface area (Å²) in [6, 6.07) is 8.07. The van der Waals surface area contributed by atoms with Crippen molar-refractivity contribution in [1.82, 2.24) is 4.72 Å². The van der Waals surface area contributed by atoms with Crippen molar-refractivity contribution in [3.8, 4) is 0 Å². The standard InChI is InChI=1S/C13H13BrClNO3S2/c1-8(9-3-2-4-10(15)5-9)16-21(18,19)12-6-11(7-17)20-13(12)14/h2-6,8,16-17H,7H2,1H3. The number of aliphatic hydroxyl groups is 1. The van der Waals surface area contributed by atoms with Crippen LogP contribution in [0.1, 0.15) is 23.4 Å². The Balaban J connectivity index is 2.26. The lowest BCUT2D eigenvalue weighted by Crippen LogP contribution is -2.26. The Hall–Kier alpha value is -0.440. The van der Waals surface area contributed by atoms with E-state index in [0.29, 0.717) is 13.7 Å². The number of thiophene rings is 1. The van der Waals surface area contributed by atoms with Gasteiger partial charge in [0, 0.05) is 15.9 Å². The Kier molecular flexibility index (Phi) is 5.45. The van der Waals surface area contributed by atoms with E-state index in [-0.39, 0.29) is 11.5 Å². The highest BCUT2D eigenvalue weighted by atomic mass is 79.9. The molecule has 0 aliphatic heterocycles. The van der Waals surface area contributed by atoms with Crippen LogP contribution >= 0.6 is 38.9 Å². The van der Waals surface area contributed by atoms with Gasteiger partial charge in [0.25, 0.3) is 0 Å². The largest absolute Gasteiger partial charge is 0.391 e. The molecule has 2 N–H and O–H groups in total. The number of hydrogen-bond donors (Lipinski definition) is 2. The Labute approximate surface area is 140 Å². The average molecular weight is 411 g/mol. The van der Waals surface area contributed by atoms with Crippen molar-refractivity contribution < 1.29 is 13.5 Å². The van der Waals surface area contributed by atoms with Gasteiger partial charge in [-0.05, 0) is 46.6 Å². The molecule has 1 unspecified atom stereocenters. The van der Waals surface area contributed by atoms with Crippen molar-refractivity contribution in [1.29, 1.82) is 0 Å². The second kappa shape index (κ2) is 6.76. The molecule has 0 aliphatic carbocycles. The first-order valence-electron chi connectivity index (χ1n) is 6.00. The minimum atomic E-state index is -3.68. The summed E-state index contributed by atoms with van der Waals surface area (Å²) in [5, 5.41) is 9.64. The molecule has 0 saturated carbocycles. The van der Waals surface area contributed by atoms with Gasteiger partial charge in [0.1, 0.15) is 4.90 Å². The summed E-state index contributed by atoms with van der Waals surface area (Å²) in [6.07, 6.45) is 0. The first kappa shape index (κ1) is 16.9. The summed E-state index contributed by atoms with van der Waals surface area (Å²) in [6.45, 7) is 1.55. The summed E-state index contributed by atoms with van der Waals surface area (Å²) < 4.78 is 27.9. The maximum Gasteiger partial charge on any atom is 0.243 e. The third-order valence-electron chi connectivity index (χ3n) is 2.83. The van der Waals surface area contributed by atoms with Gasteiger partial charge >= 0.3 is 0 Å². The van der Waals surface area contributed by atoms with E-state index in [0.717, 1.165) is 5.56 Å². The second-order valence-electron chi connectivity index (χ2n) is 4.41. The van der Waals surface area contributed by atoms with Gasteiger partial charge in [0.05, 0.1) is 10.4 Å². The van der Waals surface area contributed by atoms with Gasteiger partial charge < -0.3 is 5.11 Å². The Morgan fingerprint density at radius 3 is 2.71 bits per heavy atom. The molecule has 2 rings (SSSR count). The normalized spacial score (nSPS) is 13.3. The summed E-state index contributed by atoms with van der Waals surface area (Å²) >= 11 is 10.3. The van der Waals surface area contributed by atoms with E-state index in [4.69, 9.17) is 16.7 Å². The number of hydrogen-bond acceptors (Lipinski definition) is 4. The zero-order chi connectivity index (χ0) is 15.6. The molecule has 0 saturated heterocycles. The maximum absolute atomic E-state index is 12.4. The number of sulfonamides is 1. The molecule has 2 aromatic rings. The lowest BCUT2D eigenvalue weighted by atomic mass is 10.1. The van der Waals surface area contributed by atoms with Crippen LogP contribution in [0.3, 0.4) is 0 Å². The van der Waals surface area contributed by atoms with E-state index in [1.54, 1.807) is 31.2 Å². The van der Waals surface area contributed by atoms with Crippen LogP contribution in [0.4, 0.5) is 0 Å².